The van der Waals surface area contributed by atoms with E-state index in [2.05, 4.69) is 5.32 Å². The van der Waals surface area contributed by atoms with Gasteiger partial charge in [0.15, 0.2) is 11.6 Å². The molecule has 3 aromatic rings. The molecular formula is C20H20F2N4O4S. The molecule has 0 saturated carbocycles. The molecule has 0 bridgehead atoms. The Kier molecular flexibility index (Phi) is 5.42. The summed E-state index contributed by atoms with van der Waals surface area (Å²) in [5, 5.41) is 14.2. The van der Waals surface area contributed by atoms with E-state index in [4.69, 9.17) is 10.5 Å². The Morgan fingerprint density at radius 2 is 2.10 bits per heavy atom. The number of carboxylic acid groups (broad SMARTS) is 1. The van der Waals surface area contributed by atoms with E-state index < -0.39 is 39.7 Å². The second-order valence-electron chi connectivity index (χ2n) is 7.19. The van der Waals surface area contributed by atoms with E-state index in [-0.39, 0.29) is 36.4 Å². The van der Waals surface area contributed by atoms with Crippen molar-refractivity contribution in [2.45, 2.75) is 12.1 Å². The van der Waals surface area contributed by atoms with Gasteiger partial charge in [-0.05, 0) is 24.6 Å². The number of ether oxygens (including phenoxy) is 1. The molecule has 1 saturated heterocycles. The molecule has 2 atom stereocenters. The van der Waals surface area contributed by atoms with Crippen LogP contribution in [-0.2, 0) is 4.74 Å². The van der Waals surface area contributed by atoms with E-state index in [9.17, 15) is 14.7 Å². The lowest BCUT2D eigenvalue weighted by Crippen LogP contribution is -2.37. The number of nitrogens with two attached hydrogens (primary N) is 1. The number of hydrogen-bond donors (Lipinski definition) is 3. The van der Waals surface area contributed by atoms with Crippen molar-refractivity contribution in [3.63, 3.8) is 0 Å². The van der Waals surface area contributed by atoms with Crippen molar-refractivity contribution in [1.29, 1.82) is 0 Å². The van der Waals surface area contributed by atoms with Crippen LogP contribution in [-0.4, -0.2) is 55.0 Å². The van der Waals surface area contributed by atoms with Gasteiger partial charge >= 0.3 is 5.97 Å². The zero-order valence-electron chi connectivity index (χ0n) is 16.7. The average molecular weight is 450 g/mol. The number of nitrogens with one attached hydrogen (secondary N) is 1. The predicted octanol–water partition coefficient (Wildman–Crippen LogP) is 2.03. The Balaban J connectivity index is 2.06. The van der Waals surface area contributed by atoms with Crippen LogP contribution in [0.1, 0.15) is 10.4 Å². The molecule has 4 rings (SSSR count). The number of thiophene rings is 1. The maximum Gasteiger partial charge on any atom is 0.341 e. The molecule has 1 aromatic carbocycles. The van der Waals surface area contributed by atoms with Crippen LogP contribution in [0.3, 0.4) is 0 Å². The zero-order valence-corrected chi connectivity index (χ0v) is 17.5. The van der Waals surface area contributed by atoms with Gasteiger partial charge in [0, 0.05) is 26.4 Å². The number of carboxylic acids is 1. The second-order valence-corrected chi connectivity index (χ2v) is 8.11. The number of anilines is 2. The highest BCUT2D eigenvalue weighted by Gasteiger charge is 2.37. The molecule has 1 fully saturated rings. The summed E-state index contributed by atoms with van der Waals surface area (Å²) in [5.41, 5.74) is 3.06. The summed E-state index contributed by atoms with van der Waals surface area (Å²) >= 11 is 1.21. The maximum absolute atomic E-state index is 15.9. The fourth-order valence-corrected chi connectivity index (χ4v) is 4.72. The summed E-state index contributed by atoms with van der Waals surface area (Å²) in [7, 11) is 3.24. The lowest BCUT2D eigenvalue weighted by atomic mass is 10.1. The van der Waals surface area contributed by atoms with Crippen LogP contribution in [0.25, 0.3) is 15.9 Å². The van der Waals surface area contributed by atoms with E-state index in [1.807, 2.05) is 0 Å². The van der Waals surface area contributed by atoms with Gasteiger partial charge in [-0.1, -0.05) is 0 Å². The molecule has 3 heterocycles. The zero-order chi connectivity index (χ0) is 22.4. The number of carbonyl (C=O) groups is 1. The summed E-state index contributed by atoms with van der Waals surface area (Å²) in [5.74, 6) is -3.61. The molecule has 0 amide bonds. The fourth-order valence-electron chi connectivity index (χ4n) is 4.01. The Bertz CT molecular complexity index is 1220. The summed E-state index contributed by atoms with van der Waals surface area (Å²) in [6, 6.07) is 3.15. The van der Waals surface area contributed by atoms with Gasteiger partial charge in [0.05, 0.1) is 33.7 Å². The van der Waals surface area contributed by atoms with Gasteiger partial charge < -0.3 is 30.4 Å². The summed E-state index contributed by atoms with van der Waals surface area (Å²) in [6.07, 6.45) is 0.732. The van der Waals surface area contributed by atoms with Crippen molar-refractivity contribution >= 4 is 39.6 Å². The summed E-state index contributed by atoms with van der Waals surface area (Å²) in [6.45, 7) is 0.460. The number of methoxy groups -OCH3 is 1. The SMILES string of the molecule is CN[C@H]1CN(c2c(F)c(N)c3c(=O)c(C(=O)O)cn(-c4cccs4)c3c2F)C[C@H]1OC. The topological polar surface area (TPSA) is 110 Å². The van der Waals surface area contributed by atoms with Crippen molar-refractivity contribution in [3.05, 3.63) is 51.1 Å². The molecule has 0 unspecified atom stereocenters. The largest absolute Gasteiger partial charge is 0.477 e. The summed E-state index contributed by atoms with van der Waals surface area (Å²) < 4.78 is 37.9. The van der Waals surface area contributed by atoms with Crippen LogP contribution in [0.15, 0.2) is 28.5 Å². The lowest BCUT2D eigenvalue weighted by molar-refractivity contribution is 0.0695. The van der Waals surface area contributed by atoms with Crippen LogP contribution in [0.4, 0.5) is 20.2 Å². The normalized spacial score (nSPS) is 18.8. The van der Waals surface area contributed by atoms with Crippen molar-refractivity contribution in [3.8, 4) is 5.00 Å². The number of likely N-dealkylation sites (N-methyl/N-ethyl adjacent to an activating group) is 1. The molecule has 0 aliphatic carbocycles. The summed E-state index contributed by atoms with van der Waals surface area (Å²) in [4.78, 5) is 25.9. The molecule has 4 N–H and O–H groups in total. The molecule has 31 heavy (non-hydrogen) atoms. The maximum atomic E-state index is 15.9. The molecule has 2 aromatic heterocycles. The number of nitrogen functional groups attached to an aromatic ring is 1. The molecule has 0 spiro atoms. The Morgan fingerprint density at radius 1 is 1.35 bits per heavy atom. The molecule has 8 nitrogen and oxygen atoms in total. The molecule has 11 heteroatoms. The van der Waals surface area contributed by atoms with E-state index in [1.54, 1.807) is 24.6 Å². The van der Waals surface area contributed by atoms with E-state index >= 15 is 8.78 Å². The number of aromatic carboxylic acids is 1. The van der Waals surface area contributed by atoms with Gasteiger partial charge in [0.1, 0.15) is 11.3 Å². The first-order valence-corrected chi connectivity index (χ1v) is 10.3. The van der Waals surface area contributed by atoms with Gasteiger partial charge in [-0.15, -0.1) is 11.3 Å². The fraction of sp³-hybridized carbons (Fsp3) is 0.300. The smallest absolute Gasteiger partial charge is 0.341 e. The first kappa shape index (κ1) is 21.2. The quantitative estimate of drug-likeness (QED) is 0.510. The monoisotopic (exact) mass is 450 g/mol. The predicted molar refractivity (Wildman–Crippen MR) is 115 cm³/mol. The highest BCUT2D eigenvalue weighted by molar-refractivity contribution is 7.12. The number of rotatable bonds is 5. The first-order chi connectivity index (χ1) is 14.8. The van der Waals surface area contributed by atoms with Gasteiger partial charge in [0.2, 0.25) is 5.43 Å². The van der Waals surface area contributed by atoms with E-state index in [0.717, 1.165) is 6.20 Å². The number of hydrogen-bond acceptors (Lipinski definition) is 7. The van der Waals surface area contributed by atoms with Crippen LogP contribution >= 0.6 is 11.3 Å². The molecule has 0 radical (unpaired) electrons. The van der Waals surface area contributed by atoms with Crippen molar-refractivity contribution in [1.82, 2.24) is 9.88 Å². The number of pyridine rings is 1. The average Bonchev–Trinajstić information content (AvgIpc) is 3.41. The Labute approximate surface area is 179 Å². The highest BCUT2D eigenvalue weighted by Crippen LogP contribution is 2.38. The lowest BCUT2D eigenvalue weighted by Gasteiger charge is -2.23. The Morgan fingerprint density at radius 3 is 2.65 bits per heavy atom. The number of benzene rings is 1. The van der Waals surface area contributed by atoms with E-state index in [1.165, 1.54) is 27.9 Å². The minimum absolute atomic E-state index is 0.172. The van der Waals surface area contributed by atoms with Crippen LogP contribution in [0, 0.1) is 11.6 Å². The third-order valence-corrected chi connectivity index (χ3v) is 6.43. The molecule has 1 aliphatic rings. The van der Waals surface area contributed by atoms with Crippen molar-refractivity contribution in [2.24, 2.45) is 0 Å². The number of fused-ring (bicyclic) bond motifs is 1. The minimum atomic E-state index is -1.51. The van der Waals surface area contributed by atoms with Gasteiger partial charge in [-0.2, -0.15) is 0 Å². The third kappa shape index (κ3) is 3.25. The van der Waals surface area contributed by atoms with Gasteiger partial charge in [-0.3, -0.25) is 4.79 Å². The molecular weight excluding hydrogens is 430 g/mol. The van der Waals surface area contributed by atoms with Gasteiger partial charge in [-0.25, -0.2) is 13.6 Å². The minimum Gasteiger partial charge on any atom is -0.477 e. The molecule has 164 valence electrons. The van der Waals surface area contributed by atoms with Crippen molar-refractivity contribution < 1.29 is 23.4 Å². The van der Waals surface area contributed by atoms with Crippen molar-refractivity contribution in [2.75, 3.05) is 37.9 Å². The van der Waals surface area contributed by atoms with Crippen LogP contribution in [0.5, 0.6) is 0 Å². The number of halogens is 2. The number of nitrogens with zero attached hydrogens (tertiary/aromatic N) is 2. The highest BCUT2D eigenvalue weighted by atomic mass is 32.1. The first-order valence-electron chi connectivity index (χ1n) is 9.38. The number of aromatic nitrogens is 1. The van der Waals surface area contributed by atoms with Gasteiger partial charge in [0.25, 0.3) is 0 Å². The molecule has 1 aliphatic heterocycles. The standard InChI is InChI=1S/C20H20F2N4O4S/c1-24-10-7-25(8-11(10)30-2)18-14(21)16(23)13-17(15(18)22)26(12-4-3-5-31-12)6-9(19(13)27)20(28)29/h3-6,10-11,24H,7-8,23H2,1-2H3,(H,28,29)/t10-,11+/m0/s1. The third-order valence-electron chi connectivity index (χ3n) is 5.57. The second kappa shape index (κ2) is 7.91. The Hall–Kier alpha value is -3.02. The van der Waals surface area contributed by atoms with Crippen LogP contribution in [0.2, 0.25) is 0 Å². The van der Waals surface area contributed by atoms with Crippen LogP contribution < -0.4 is 21.4 Å². The van der Waals surface area contributed by atoms with E-state index in [0.29, 0.717) is 5.00 Å².